The molecule has 0 amide bonds. The molecule has 13 heavy (non-hydrogen) atoms. The van der Waals surface area contributed by atoms with Crippen LogP contribution in [0, 0.1) is 12.3 Å². The van der Waals surface area contributed by atoms with E-state index in [1.165, 1.54) is 12.8 Å². The average molecular weight is 181 g/mol. The molecule has 0 aromatic rings. The molecule has 0 aromatic carbocycles. The number of carbonyl (C=O) groups excluding carboxylic acids is 1. The van der Waals surface area contributed by atoms with Crippen LogP contribution in [0.25, 0.3) is 0 Å². The maximum absolute atomic E-state index is 11.1. The SMILES string of the molecule is C#CCNCC(=O)CCCCCC. The van der Waals surface area contributed by atoms with Crippen LogP contribution in [0.2, 0.25) is 0 Å². The Hall–Kier alpha value is -0.810. The summed E-state index contributed by atoms with van der Waals surface area (Å²) in [6.45, 7) is 3.08. The third kappa shape index (κ3) is 9.10. The van der Waals surface area contributed by atoms with Crippen molar-refractivity contribution in [3.05, 3.63) is 0 Å². The van der Waals surface area contributed by atoms with Crippen molar-refractivity contribution in [2.75, 3.05) is 13.1 Å². The smallest absolute Gasteiger partial charge is 0.146 e. The molecular formula is C11H19NO. The van der Waals surface area contributed by atoms with Gasteiger partial charge in [0.1, 0.15) is 5.78 Å². The summed E-state index contributed by atoms with van der Waals surface area (Å²) in [7, 11) is 0. The summed E-state index contributed by atoms with van der Waals surface area (Å²) in [5.74, 6) is 2.71. The van der Waals surface area contributed by atoms with E-state index in [1.54, 1.807) is 0 Å². The molecule has 0 bridgehead atoms. The molecule has 74 valence electrons. The lowest BCUT2D eigenvalue weighted by atomic mass is 10.1. The molecule has 0 aliphatic carbocycles. The number of carbonyl (C=O) groups is 1. The van der Waals surface area contributed by atoms with E-state index in [0.717, 1.165) is 12.8 Å². The molecule has 0 fully saturated rings. The molecule has 0 rings (SSSR count). The number of unbranched alkanes of at least 4 members (excludes halogenated alkanes) is 3. The topological polar surface area (TPSA) is 29.1 Å². The number of terminal acetylenes is 1. The van der Waals surface area contributed by atoms with Crippen LogP contribution < -0.4 is 5.32 Å². The first kappa shape index (κ1) is 12.2. The summed E-state index contributed by atoms with van der Waals surface area (Å²) >= 11 is 0. The first-order valence-electron chi connectivity index (χ1n) is 4.97. The summed E-state index contributed by atoms with van der Waals surface area (Å²) in [5, 5.41) is 2.89. The van der Waals surface area contributed by atoms with Gasteiger partial charge in [-0.05, 0) is 6.42 Å². The van der Waals surface area contributed by atoms with Gasteiger partial charge in [-0.2, -0.15) is 0 Å². The Morgan fingerprint density at radius 3 is 2.77 bits per heavy atom. The summed E-state index contributed by atoms with van der Waals surface area (Å²) in [4.78, 5) is 11.1. The quantitative estimate of drug-likeness (QED) is 0.456. The Morgan fingerprint density at radius 2 is 2.15 bits per heavy atom. The standard InChI is InChI=1S/C11H19NO/c1-3-5-6-7-8-11(13)10-12-9-4-2/h2,12H,3,5-10H2,1H3. The average Bonchev–Trinajstić information content (AvgIpc) is 2.13. The van der Waals surface area contributed by atoms with E-state index >= 15 is 0 Å². The molecule has 0 heterocycles. The van der Waals surface area contributed by atoms with Crippen molar-refractivity contribution in [2.45, 2.75) is 39.0 Å². The van der Waals surface area contributed by atoms with Gasteiger partial charge in [-0.1, -0.05) is 32.1 Å². The van der Waals surface area contributed by atoms with E-state index in [0.29, 0.717) is 19.5 Å². The minimum atomic E-state index is 0.270. The van der Waals surface area contributed by atoms with Crippen molar-refractivity contribution in [3.63, 3.8) is 0 Å². The van der Waals surface area contributed by atoms with Gasteiger partial charge in [0.25, 0.3) is 0 Å². The van der Waals surface area contributed by atoms with Crippen LogP contribution >= 0.6 is 0 Å². The highest BCUT2D eigenvalue weighted by Gasteiger charge is 1.99. The van der Waals surface area contributed by atoms with Crippen molar-refractivity contribution in [1.29, 1.82) is 0 Å². The second-order valence-electron chi connectivity index (χ2n) is 3.16. The third-order valence-corrected chi connectivity index (χ3v) is 1.86. The molecule has 0 unspecified atom stereocenters. The highest BCUT2D eigenvalue weighted by molar-refractivity contribution is 5.80. The van der Waals surface area contributed by atoms with Gasteiger partial charge in [-0.3, -0.25) is 10.1 Å². The second kappa shape index (κ2) is 9.28. The number of Topliss-reactive ketones (excluding diaryl/α,β-unsaturated/α-hetero) is 1. The van der Waals surface area contributed by atoms with Gasteiger partial charge in [-0.25, -0.2) is 0 Å². The van der Waals surface area contributed by atoms with E-state index in [1.807, 2.05) is 0 Å². The maximum atomic E-state index is 11.1. The van der Waals surface area contributed by atoms with E-state index < -0.39 is 0 Å². The molecule has 1 N–H and O–H groups in total. The fraction of sp³-hybridized carbons (Fsp3) is 0.727. The minimum Gasteiger partial charge on any atom is -0.299 e. The number of hydrogen-bond acceptors (Lipinski definition) is 2. The molecule has 0 aliphatic heterocycles. The summed E-state index contributed by atoms with van der Waals surface area (Å²) in [6, 6.07) is 0. The molecule has 2 nitrogen and oxygen atoms in total. The van der Waals surface area contributed by atoms with E-state index in [-0.39, 0.29) is 5.78 Å². The summed E-state index contributed by atoms with van der Waals surface area (Å²) in [5.41, 5.74) is 0. The van der Waals surface area contributed by atoms with Gasteiger partial charge in [0, 0.05) is 6.42 Å². The number of nitrogens with one attached hydrogen (secondary N) is 1. The van der Waals surface area contributed by atoms with Gasteiger partial charge in [0.05, 0.1) is 13.1 Å². The lowest BCUT2D eigenvalue weighted by Crippen LogP contribution is -2.22. The Kier molecular flexibility index (Phi) is 8.70. The van der Waals surface area contributed by atoms with Gasteiger partial charge in [0.15, 0.2) is 0 Å². The van der Waals surface area contributed by atoms with E-state index in [2.05, 4.69) is 18.2 Å². The molecule has 0 saturated carbocycles. The number of ketones is 1. The minimum absolute atomic E-state index is 0.270. The molecule has 0 aliphatic rings. The third-order valence-electron chi connectivity index (χ3n) is 1.86. The van der Waals surface area contributed by atoms with Crippen LogP contribution in [0.1, 0.15) is 39.0 Å². The summed E-state index contributed by atoms with van der Waals surface area (Å²) < 4.78 is 0. The zero-order chi connectivity index (χ0) is 9.94. The first-order chi connectivity index (χ1) is 6.31. The largest absolute Gasteiger partial charge is 0.299 e. The molecule has 0 radical (unpaired) electrons. The van der Waals surface area contributed by atoms with Crippen LogP contribution in [-0.4, -0.2) is 18.9 Å². The molecule has 0 atom stereocenters. The summed E-state index contributed by atoms with van der Waals surface area (Å²) in [6.07, 6.45) is 10.3. The van der Waals surface area contributed by atoms with Gasteiger partial charge < -0.3 is 0 Å². The number of hydrogen-bond donors (Lipinski definition) is 1. The van der Waals surface area contributed by atoms with Crippen molar-refractivity contribution in [1.82, 2.24) is 5.32 Å². The highest BCUT2D eigenvalue weighted by Crippen LogP contribution is 2.02. The highest BCUT2D eigenvalue weighted by atomic mass is 16.1. The predicted molar refractivity (Wildman–Crippen MR) is 55.5 cm³/mol. The molecule has 0 spiro atoms. The lowest BCUT2D eigenvalue weighted by molar-refractivity contribution is -0.118. The van der Waals surface area contributed by atoms with Crippen molar-refractivity contribution >= 4 is 5.78 Å². The fourth-order valence-electron chi connectivity index (χ4n) is 1.11. The van der Waals surface area contributed by atoms with Gasteiger partial charge in [-0.15, -0.1) is 6.42 Å². The molecule has 0 aromatic heterocycles. The van der Waals surface area contributed by atoms with Crippen LogP contribution in [0.5, 0.6) is 0 Å². The fourth-order valence-corrected chi connectivity index (χ4v) is 1.11. The molecule has 2 heteroatoms. The predicted octanol–water partition coefficient (Wildman–Crippen LogP) is 1.75. The van der Waals surface area contributed by atoms with Crippen LogP contribution in [0.3, 0.4) is 0 Å². The van der Waals surface area contributed by atoms with Gasteiger partial charge >= 0.3 is 0 Å². The van der Waals surface area contributed by atoms with E-state index in [9.17, 15) is 4.79 Å². The van der Waals surface area contributed by atoms with Crippen LogP contribution in [0.4, 0.5) is 0 Å². The first-order valence-corrected chi connectivity index (χ1v) is 4.97. The van der Waals surface area contributed by atoms with Crippen molar-refractivity contribution in [2.24, 2.45) is 0 Å². The Balaban J connectivity index is 3.16. The van der Waals surface area contributed by atoms with Crippen molar-refractivity contribution < 1.29 is 4.79 Å². The zero-order valence-corrected chi connectivity index (χ0v) is 8.44. The Morgan fingerprint density at radius 1 is 1.38 bits per heavy atom. The zero-order valence-electron chi connectivity index (χ0n) is 8.44. The van der Waals surface area contributed by atoms with Crippen molar-refractivity contribution in [3.8, 4) is 12.3 Å². The van der Waals surface area contributed by atoms with Crippen LogP contribution in [-0.2, 0) is 4.79 Å². The monoisotopic (exact) mass is 181 g/mol. The number of rotatable bonds is 8. The Labute approximate surface area is 81.1 Å². The molecule has 0 saturated heterocycles. The molecular weight excluding hydrogens is 162 g/mol. The second-order valence-corrected chi connectivity index (χ2v) is 3.16. The lowest BCUT2D eigenvalue weighted by Gasteiger charge is -2.00. The van der Waals surface area contributed by atoms with Gasteiger partial charge in [0.2, 0.25) is 0 Å². The van der Waals surface area contributed by atoms with E-state index in [4.69, 9.17) is 6.42 Å². The normalized spacial score (nSPS) is 9.54. The van der Waals surface area contributed by atoms with Crippen LogP contribution in [0.15, 0.2) is 0 Å². The Bertz CT molecular complexity index is 169. The maximum Gasteiger partial charge on any atom is 0.146 e.